The molecule has 0 saturated carbocycles. The molecular weight excluding hydrogens is 316 g/mol. The summed E-state index contributed by atoms with van der Waals surface area (Å²) in [5.41, 5.74) is 2.74. The minimum Gasteiger partial charge on any atom is -0.504 e. The molecule has 0 fully saturated rings. The fourth-order valence-corrected chi connectivity index (χ4v) is 2.70. The maximum atomic E-state index is 12.3. The lowest BCUT2D eigenvalue weighted by Gasteiger charge is -2.06. The van der Waals surface area contributed by atoms with Gasteiger partial charge in [-0.05, 0) is 48.5 Å². The number of carbonyl (C=O) groups excluding carboxylic acids is 1. The molecule has 6 nitrogen and oxygen atoms in total. The van der Waals surface area contributed by atoms with Crippen LogP contribution in [-0.2, 0) is 6.54 Å². The molecule has 4 aromatic rings. The van der Waals surface area contributed by atoms with Crippen molar-refractivity contribution >= 4 is 11.6 Å². The van der Waals surface area contributed by atoms with Gasteiger partial charge in [-0.25, -0.2) is 4.98 Å². The highest BCUT2D eigenvalue weighted by Crippen LogP contribution is 2.16. The van der Waals surface area contributed by atoms with Crippen LogP contribution in [0.2, 0.25) is 0 Å². The Hall–Kier alpha value is -3.54. The summed E-state index contributed by atoms with van der Waals surface area (Å²) < 4.78 is 3.70. The second-order valence-electron chi connectivity index (χ2n) is 5.68. The lowest BCUT2D eigenvalue weighted by Crippen LogP contribution is -2.22. The van der Waals surface area contributed by atoms with Gasteiger partial charge in [0.15, 0.2) is 11.4 Å². The average Bonchev–Trinajstić information content (AvgIpc) is 3.30. The molecule has 0 saturated heterocycles. The first kappa shape index (κ1) is 15.0. The summed E-state index contributed by atoms with van der Waals surface area (Å²) in [6, 6.07) is 14.6. The summed E-state index contributed by atoms with van der Waals surface area (Å²) in [6.45, 7) is 0.291. The smallest absolute Gasteiger partial charge is 0.251 e. The molecule has 2 N–H and O–H groups in total. The van der Waals surface area contributed by atoms with E-state index < -0.39 is 0 Å². The zero-order valence-electron chi connectivity index (χ0n) is 13.3. The lowest BCUT2D eigenvalue weighted by atomic mass is 10.2. The number of nitrogens with zero attached hydrogens (tertiary/aromatic N) is 3. The first-order valence-corrected chi connectivity index (χ1v) is 7.88. The van der Waals surface area contributed by atoms with Gasteiger partial charge in [0, 0.05) is 36.0 Å². The highest BCUT2D eigenvalue weighted by atomic mass is 16.3. The van der Waals surface area contributed by atoms with Crippen LogP contribution in [0.25, 0.3) is 11.3 Å². The third-order valence-electron chi connectivity index (χ3n) is 3.97. The van der Waals surface area contributed by atoms with Crippen LogP contribution in [0.3, 0.4) is 0 Å². The number of fused-ring (bicyclic) bond motifs is 1. The van der Waals surface area contributed by atoms with Crippen LogP contribution < -0.4 is 5.32 Å². The number of amides is 1. The van der Waals surface area contributed by atoms with Gasteiger partial charge in [-0.1, -0.05) is 0 Å². The number of nitrogens with one attached hydrogen (secondary N) is 1. The molecule has 124 valence electrons. The van der Waals surface area contributed by atoms with E-state index in [-0.39, 0.29) is 11.7 Å². The van der Waals surface area contributed by atoms with E-state index in [0.717, 1.165) is 5.69 Å². The Balaban J connectivity index is 1.45. The molecule has 0 spiro atoms. The summed E-state index contributed by atoms with van der Waals surface area (Å²) >= 11 is 0. The third-order valence-corrected chi connectivity index (χ3v) is 3.97. The molecule has 6 heteroatoms. The first-order chi connectivity index (χ1) is 12.2. The standard InChI is InChI=1S/C19H16N4O2/c24-17-4-3-11-23-13-15(21-18(17)23)12-20-19(25)14-5-7-16(8-6-14)22-9-1-2-10-22/h1-11,13,24H,12H2,(H,20,25). The monoisotopic (exact) mass is 332 g/mol. The minimum absolute atomic E-state index is 0.112. The summed E-state index contributed by atoms with van der Waals surface area (Å²) in [5, 5.41) is 12.6. The molecule has 0 bridgehead atoms. The van der Waals surface area contributed by atoms with E-state index in [4.69, 9.17) is 0 Å². The van der Waals surface area contributed by atoms with Crippen molar-refractivity contribution in [2.75, 3.05) is 0 Å². The van der Waals surface area contributed by atoms with Gasteiger partial charge in [-0.15, -0.1) is 0 Å². The third kappa shape index (κ3) is 2.97. The molecule has 4 rings (SSSR count). The second-order valence-corrected chi connectivity index (χ2v) is 5.68. The molecule has 0 radical (unpaired) electrons. The number of carbonyl (C=O) groups is 1. The maximum absolute atomic E-state index is 12.3. The number of hydrogen-bond donors (Lipinski definition) is 2. The Bertz CT molecular complexity index is 1020. The number of hydrogen-bond acceptors (Lipinski definition) is 3. The quantitative estimate of drug-likeness (QED) is 0.604. The summed E-state index contributed by atoms with van der Waals surface area (Å²) in [6.07, 6.45) is 7.49. The molecule has 1 amide bonds. The van der Waals surface area contributed by atoms with Crippen molar-refractivity contribution in [1.82, 2.24) is 19.3 Å². The number of rotatable bonds is 4. The zero-order valence-corrected chi connectivity index (χ0v) is 13.3. The minimum atomic E-state index is -0.166. The Kier molecular flexibility index (Phi) is 3.70. The Morgan fingerprint density at radius 1 is 1.04 bits per heavy atom. The van der Waals surface area contributed by atoms with E-state index in [9.17, 15) is 9.90 Å². The molecule has 3 heterocycles. The van der Waals surface area contributed by atoms with Gasteiger partial charge in [0.1, 0.15) is 0 Å². The molecule has 0 atom stereocenters. The number of imidazole rings is 1. The van der Waals surface area contributed by atoms with Gasteiger partial charge in [-0.3, -0.25) is 4.79 Å². The van der Waals surface area contributed by atoms with Crippen LogP contribution in [0.4, 0.5) is 0 Å². The number of pyridine rings is 1. The van der Waals surface area contributed by atoms with Crippen molar-refractivity contribution in [3.05, 3.63) is 84.6 Å². The molecule has 3 aromatic heterocycles. The van der Waals surface area contributed by atoms with Gasteiger partial charge >= 0.3 is 0 Å². The van der Waals surface area contributed by atoms with E-state index in [2.05, 4.69) is 10.3 Å². The van der Waals surface area contributed by atoms with Gasteiger partial charge in [-0.2, -0.15) is 0 Å². The summed E-state index contributed by atoms with van der Waals surface area (Å²) in [5.74, 6) is -0.0546. The normalized spacial score (nSPS) is 10.9. The molecule has 1 aromatic carbocycles. The van der Waals surface area contributed by atoms with Crippen molar-refractivity contribution in [3.8, 4) is 11.4 Å². The molecule has 0 aliphatic heterocycles. The molecule has 0 aliphatic carbocycles. The maximum Gasteiger partial charge on any atom is 0.251 e. The van der Waals surface area contributed by atoms with E-state index in [1.54, 1.807) is 41.1 Å². The van der Waals surface area contributed by atoms with Crippen molar-refractivity contribution < 1.29 is 9.90 Å². The predicted octanol–water partition coefficient (Wildman–Crippen LogP) is 2.76. The fraction of sp³-hybridized carbons (Fsp3) is 0.0526. The van der Waals surface area contributed by atoms with Crippen LogP contribution in [-0.4, -0.2) is 25.0 Å². The zero-order chi connectivity index (χ0) is 17.2. The van der Waals surface area contributed by atoms with E-state index >= 15 is 0 Å². The van der Waals surface area contributed by atoms with Crippen molar-refractivity contribution in [1.29, 1.82) is 0 Å². The molecular formula is C19H16N4O2. The van der Waals surface area contributed by atoms with Crippen molar-refractivity contribution in [2.24, 2.45) is 0 Å². The number of aromatic nitrogens is 3. The van der Waals surface area contributed by atoms with Crippen LogP contribution in [0.5, 0.6) is 5.75 Å². The Morgan fingerprint density at radius 3 is 2.52 bits per heavy atom. The van der Waals surface area contributed by atoms with Crippen molar-refractivity contribution in [3.63, 3.8) is 0 Å². The van der Waals surface area contributed by atoms with Gasteiger partial charge in [0.25, 0.3) is 5.91 Å². The van der Waals surface area contributed by atoms with Crippen LogP contribution in [0.15, 0.2) is 73.3 Å². The summed E-state index contributed by atoms with van der Waals surface area (Å²) in [7, 11) is 0. The summed E-state index contributed by atoms with van der Waals surface area (Å²) in [4.78, 5) is 16.6. The highest BCUT2D eigenvalue weighted by molar-refractivity contribution is 5.94. The van der Waals surface area contributed by atoms with Gasteiger partial charge in [0.05, 0.1) is 12.2 Å². The Labute approximate surface area is 144 Å². The Morgan fingerprint density at radius 2 is 1.80 bits per heavy atom. The molecule has 25 heavy (non-hydrogen) atoms. The number of benzene rings is 1. The molecule has 0 aliphatic rings. The fourth-order valence-electron chi connectivity index (χ4n) is 2.70. The average molecular weight is 332 g/mol. The largest absolute Gasteiger partial charge is 0.504 e. The van der Waals surface area contributed by atoms with E-state index in [1.165, 1.54) is 0 Å². The highest BCUT2D eigenvalue weighted by Gasteiger charge is 2.09. The van der Waals surface area contributed by atoms with Crippen LogP contribution >= 0.6 is 0 Å². The SMILES string of the molecule is O=C(NCc1cn2cccc(O)c2n1)c1ccc(-n2cccc2)cc1. The van der Waals surface area contributed by atoms with E-state index in [1.807, 2.05) is 41.2 Å². The van der Waals surface area contributed by atoms with Crippen LogP contribution in [0, 0.1) is 0 Å². The lowest BCUT2D eigenvalue weighted by molar-refractivity contribution is 0.0950. The van der Waals surface area contributed by atoms with Crippen LogP contribution in [0.1, 0.15) is 16.1 Å². The predicted molar refractivity (Wildman–Crippen MR) is 93.8 cm³/mol. The van der Waals surface area contributed by atoms with Gasteiger partial charge < -0.3 is 19.4 Å². The van der Waals surface area contributed by atoms with Gasteiger partial charge in [0.2, 0.25) is 0 Å². The van der Waals surface area contributed by atoms with Crippen molar-refractivity contribution in [2.45, 2.75) is 6.54 Å². The second kappa shape index (κ2) is 6.16. The topological polar surface area (TPSA) is 71.6 Å². The van der Waals surface area contributed by atoms with E-state index in [0.29, 0.717) is 23.4 Å². The number of aromatic hydroxyl groups is 1. The molecule has 0 unspecified atom stereocenters. The first-order valence-electron chi connectivity index (χ1n) is 7.88.